The predicted octanol–water partition coefficient (Wildman–Crippen LogP) is 1.51. The lowest BCUT2D eigenvalue weighted by molar-refractivity contribution is -0.239. The van der Waals surface area contributed by atoms with E-state index >= 15 is 0 Å². The molecule has 25 heavy (non-hydrogen) atoms. The first kappa shape index (κ1) is 18.4. The molecule has 1 aromatic rings. The third kappa shape index (κ3) is 3.96. The highest BCUT2D eigenvalue weighted by Crippen LogP contribution is 2.28. The van der Waals surface area contributed by atoms with E-state index in [1.54, 1.807) is 0 Å². The highest BCUT2D eigenvalue weighted by Gasteiger charge is 2.44. The second kappa shape index (κ2) is 6.92. The number of carbonyl (C=O) groups excluding carboxylic acids is 4. The van der Waals surface area contributed by atoms with Crippen molar-refractivity contribution in [1.82, 2.24) is 0 Å². The van der Waals surface area contributed by atoms with Crippen LogP contribution >= 0.6 is 0 Å². The maximum atomic E-state index is 12.6. The molecule has 0 unspecified atom stereocenters. The Labute approximate surface area is 144 Å². The van der Waals surface area contributed by atoms with Crippen molar-refractivity contribution in [3.63, 3.8) is 0 Å². The number of cyclic esters (lactones) is 2. The van der Waals surface area contributed by atoms with E-state index in [1.807, 2.05) is 0 Å². The number of Topliss-reactive ketones (excluding diaryl/α,β-unsaturated/α-hetero) is 1. The number of esters is 3. The van der Waals surface area contributed by atoms with E-state index in [0.29, 0.717) is 0 Å². The summed E-state index contributed by atoms with van der Waals surface area (Å²) < 4.78 is 19.7. The predicted molar refractivity (Wildman–Crippen MR) is 83.0 cm³/mol. The quantitative estimate of drug-likeness (QED) is 0.447. The van der Waals surface area contributed by atoms with Crippen LogP contribution < -0.4 is 4.74 Å². The molecule has 0 spiro atoms. The van der Waals surface area contributed by atoms with Crippen molar-refractivity contribution in [1.29, 1.82) is 0 Å². The minimum absolute atomic E-state index is 0.0517. The normalized spacial score (nSPS) is 16.6. The molecule has 0 aromatic heterocycles. The van der Waals surface area contributed by atoms with Crippen LogP contribution in [0.3, 0.4) is 0 Å². The van der Waals surface area contributed by atoms with Gasteiger partial charge in [0, 0.05) is 20.3 Å². The number of carbonyl (C=O) groups is 4. The Kier molecular flexibility index (Phi) is 5.10. The van der Waals surface area contributed by atoms with Gasteiger partial charge >= 0.3 is 17.9 Å². The van der Waals surface area contributed by atoms with Crippen molar-refractivity contribution >= 4 is 23.7 Å². The molecule has 1 aliphatic heterocycles. The number of methoxy groups -OCH3 is 2. The van der Waals surface area contributed by atoms with Crippen molar-refractivity contribution in [3.8, 4) is 5.75 Å². The maximum Gasteiger partial charge on any atom is 0.337 e. The minimum atomic E-state index is -1.37. The zero-order valence-corrected chi connectivity index (χ0v) is 14.3. The van der Waals surface area contributed by atoms with Gasteiger partial charge in [0.1, 0.15) is 5.75 Å². The molecule has 0 N–H and O–H groups in total. The second-order valence-corrected chi connectivity index (χ2v) is 5.83. The molecule has 1 fully saturated rings. The molecule has 8 heteroatoms. The smallest absolute Gasteiger partial charge is 0.337 e. The highest BCUT2D eigenvalue weighted by molar-refractivity contribution is 6.07. The number of ketones is 1. The Balaban J connectivity index is 2.27. The monoisotopic (exact) mass is 350 g/mol. The van der Waals surface area contributed by atoms with Gasteiger partial charge in [0.15, 0.2) is 11.7 Å². The van der Waals surface area contributed by atoms with Crippen LogP contribution in [0.2, 0.25) is 0 Å². The van der Waals surface area contributed by atoms with Gasteiger partial charge in [-0.15, -0.1) is 0 Å². The maximum absolute atomic E-state index is 12.6. The van der Waals surface area contributed by atoms with Crippen LogP contribution in [-0.4, -0.2) is 43.7 Å². The topological polar surface area (TPSA) is 105 Å². The number of hydrogen-bond donors (Lipinski definition) is 0. The Morgan fingerprint density at radius 2 is 1.72 bits per heavy atom. The van der Waals surface area contributed by atoms with E-state index in [1.165, 1.54) is 46.3 Å². The third-order valence-corrected chi connectivity index (χ3v) is 3.57. The van der Waals surface area contributed by atoms with E-state index in [4.69, 9.17) is 14.2 Å². The zero-order valence-electron chi connectivity index (χ0n) is 14.3. The van der Waals surface area contributed by atoms with E-state index in [0.717, 1.165) is 0 Å². The molecule has 1 aliphatic rings. The summed E-state index contributed by atoms with van der Waals surface area (Å²) in [7, 11) is 2.57. The lowest BCUT2D eigenvalue weighted by atomic mass is 9.95. The van der Waals surface area contributed by atoms with Crippen molar-refractivity contribution < 1.29 is 38.1 Å². The third-order valence-electron chi connectivity index (χ3n) is 3.57. The number of rotatable bonds is 5. The first-order chi connectivity index (χ1) is 11.7. The first-order valence-corrected chi connectivity index (χ1v) is 7.43. The number of ether oxygens (including phenoxy) is 4. The molecule has 0 amide bonds. The van der Waals surface area contributed by atoms with Gasteiger partial charge < -0.3 is 18.9 Å². The van der Waals surface area contributed by atoms with Crippen LogP contribution in [-0.2, 0) is 23.8 Å². The van der Waals surface area contributed by atoms with E-state index < -0.39 is 41.8 Å². The van der Waals surface area contributed by atoms with Crippen molar-refractivity contribution in [2.45, 2.75) is 26.1 Å². The standard InChI is InChI=1S/C17H18O8/c1-17(2)24-15(20)11(16(21)25-17)8-12(18)10-7-9(14(19)23-4)5-6-13(10)22-3/h5-7,11H,8H2,1-4H3. The molecule has 0 bridgehead atoms. The van der Waals surface area contributed by atoms with E-state index in [-0.39, 0.29) is 16.9 Å². The van der Waals surface area contributed by atoms with Crippen LogP contribution in [0, 0.1) is 5.92 Å². The Bertz CT molecular complexity index is 714. The van der Waals surface area contributed by atoms with Gasteiger partial charge in [-0.05, 0) is 18.2 Å². The minimum Gasteiger partial charge on any atom is -0.496 e. The van der Waals surface area contributed by atoms with Gasteiger partial charge in [-0.3, -0.25) is 14.4 Å². The van der Waals surface area contributed by atoms with Gasteiger partial charge in [-0.2, -0.15) is 0 Å². The van der Waals surface area contributed by atoms with Gasteiger partial charge in [0.2, 0.25) is 0 Å². The highest BCUT2D eigenvalue weighted by atomic mass is 16.7. The molecule has 1 heterocycles. The van der Waals surface area contributed by atoms with Crippen molar-refractivity contribution in [3.05, 3.63) is 29.3 Å². The van der Waals surface area contributed by atoms with E-state index in [2.05, 4.69) is 4.74 Å². The fourth-order valence-electron chi connectivity index (χ4n) is 2.38. The summed E-state index contributed by atoms with van der Waals surface area (Å²) in [5.74, 6) is -5.40. The average molecular weight is 350 g/mol. The summed E-state index contributed by atoms with van der Waals surface area (Å²) in [6.45, 7) is 2.84. The molecular formula is C17H18O8. The summed E-state index contributed by atoms with van der Waals surface area (Å²) in [5.41, 5.74) is 0.192. The average Bonchev–Trinajstić information content (AvgIpc) is 2.55. The molecule has 2 rings (SSSR count). The van der Waals surface area contributed by atoms with Crippen molar-refractivity contribution in [2.24, 2.45) is 5.92 Å². The van der Waals surface area contributed by atoms with Gasteiger partial charge in [-0.1, -0.05) is 0 Å². The summed E-state index contributed by atoms with van der Waals surface area (Å²) in [4.78, 5) is 48.2. The van der Waals surface area contributed by atoms with Gasteiger partial charge in [-0.25, -0.2) is 4.79 Å². The first-order valence-electron chi connectivity index (χ1n) is 7.43. The molecular weight excluding hydrogens is 332 g/mol. The summed E-state index contributed by atoms with van der Waals surface area (Å²) in [6, 6.07) is 4.16. The Morgan fingerprint density at radius 1 is 1.12 bits per heavy atom. The summed E-state index contributed by atoms with van der Waals surface area (Å²) in [6.07, 6.45) is -0.464. The van der Waals surface area contributed by atoms with E-state index in [9.17, 15) is 19.2 Å². The number of hydrogen-bond acceptors (Lipinski definition) is 8. The SMILES string of the molecule is COC(=O)c1ccc(OC)c(C(=O)CC2C(=O)OC(C)(C)OC2=O)c1. The lowest BCUT2D eigenvalue weighted by Crippen LogP contribution is -2.46. The van der Waals surface area contributed by atoms with Gasteiger partial charge in [0.05, 0.1) is 25.3 Å². The fraction of sp³-hybridized carbons (Fsp3) is 0.412. The molecule has 0 atom stereocenters. The summed E-state index contributed by atoms with van der Waals surface area (Å²) >= 11 is 0. The van der Waals surface area contributed by atoms with Crippen LogP contribution in [0.5, 0.6) is 5.75 Å². The second-order valence-electron chi connectivity index (χ2n) is 5.83. The van der Waals surface area contributed by atoms with Crippen LogP contribution in [0.25, 0.3) is 0 Å². The van der Waals surface area contributed by atoms with Crippen molar-refractivity contribution in [2.75, 3.05) is 14.2 Å². The molecule has 1 aromatic carbocycles. The Hall–Kier alpha value is -2.90. The molecule has 1 saturated heterocycles. The zero-order chi connectivity index (χ0) is 18.8. The lowest BCUT2D eigenvalue weighted by Gasteiger charge is -2.32. The molecule has 0 aliphatic carbocycles. The largest absolute Gasteiger partial charge is 0.496 e. The molecule has 0 saturated carbocycles. The Morgan fingerprint density at radius 3 is 2.24 bits per heavy atom. The van der Waals surface area contributed by atoms with Gasteiger partial charge in [0.25, 0.3) is 5.79 Å². The molecule has 134 valence electrons. The van der Waals surface area contributed by atoms with Crippen LogP contribution in [0.15, 0.2) is 18.2 Å². The van der Waals surface area contributed by atoms with Crippen LogP contribution in [0.1, 0.15) is 41.0 Å². The fourth-order valence-corrected chi connectivity index (χ4v) is 2.38. The van der Waals surface area contributed by atoms with Crippen LogP contribution in [0.4, 0.5) is 0 Å². The summed E-state index contributed by atoms with van der Waals surface area (Å²) in [5, 5.41) is 0. The number of benzene rings is 1. The molecule has 8 nitrogen and oxygen atoms in total. The molecule has 0 radical (unpaired) electrons.